The van der Waals surface area contributed by atoms with Crippen molar-refractivity contribution in [2.24, 2.45) is 5.92 Å². The molecule has 2 saturated carbocycles. The number of halogens is 2. The van der Waals surface area contributed by atoms with Crippen molar-refractivity contribution in [3.8, 4) is 16.6 Å². The number of para-hydroxylation sites is 1. The minimum absolute atomic E-state index is 0.0146. The summed E-state index contributed by atoms with van der Waals surface area (Å²) in [6, 6.07) is 7.28. The number of benzene rings is 2. The summed E-state index contributed by atoms with van der Waals surface area (Å²) in [5.41, 5.74) is 0.883. The zero-order valence-corrected chi connectivity index (χ0v) is 39.6. The fraction of sp³-hybridized carbons (Fsp3) is 0.532. The van der Waals surface area contributed by atoms with E-state index in [-0.39, 0.29) is 37.9 Å². The van der Waals surface area contributed by atoms with Crippen LogP contribution in [0.5, 0.6) is 6.01 Å². The van der Waals surface area contributed by atoms with Crippen molar-refractivity contribution in [3.63, 3.8) is 0 Å². The maximum absolute atomic E-state index is 14.8. The highest BCUT2D eigenvalue weighted by Gasteiger charge is 2.63. The molecule has 1 saturated heterocycles. The first-order valence-electron chi connectivity index (χ1n) is 22.6. The molecule has 19 heteroatoms. The predicted molar refractivity (Wildman–Crippen MR) is 244 cm³/mol. The molecular weight excluding hydrogens is 893 g/mol. The molecule has 2 aromatic carbocycles. The van der Waals surface area contributed by atoms with E-state index in [1.807, 2.05) is 54.1 Å². The number of carbonyl (C=O) groups excluding carboxylic acids is 4. The maximum Gasteiger partial charge on any atom is 0.408 e. The van der Waals surface area contributed by atoms with Crippen LogP contribution in [0.25, 0.3) is 21.6 Å². The van der Waals surface area contributed by atoms with Crippen molar-refractivity contribution in [1.29, 1.82) is 0 Å². The number of nitrogens with zero attached hydrogens (tertiary/aromatic N) is 4. The second-order valence-electron chi connectivity index (χ2n) is 19.5. The quantitative estimate of drug-likeness (QED) is 0.137. The molecule has 354 valence electrons. The van der Waals surface area contributed by atoms with Crippen LogP contribution < -0.4 is 20.1 Å². The monoisotopic (exact) mass is 949 g/mol. The number of hydrogen-bond donors (Lipinski definition) is 3. The van der Waals surface area contributed by atoms with Crippen molar-refractivity contribution in [2.45, 2.75) is 146 Å². The molecule has 3 fully saturated rings. The number of hydrogen-bond acceptors (Lipinski definition) is 11. The number of aromatic nitrogens is 3. The van der Waals surface area contributed by atoms with E-state index in [2.05, 4.69) is 15.4 Å². The number of ether oxygens (including phenoxy) is 2. The molecule has 4 aromatic rings. The Bertz CT molecular complexity index is 2690. The number of alkyl carbamates (subject to hydrolysis) is 1. The molecule has 66 heavy (non-hydrogen) atoms. The largest absolute Gasteiger partial charge is 0.459 e. The van der Waals surface area contributed by atoms with E-state index in [0.717, 1.165) is 36.1 Å². The van der Waals surface area contributed by atoms with E-state index in [9.17, 15) is 36.4 Å². The molecule has 2 aromatic heterocycles. The first-order chi connectivity index (χ1) is 31.2. The number of nitrogens with one attached hydrogen (secondary N) is 3. The Morgan fingerprint density at radius 2 is 1.83 bits per heavy atom. The molecule has 4 heterocycles. The van der Waals surface area contributed by atoms with Gasteiger partial charge in [0.2, 0.25) is 21.8 Å². The van der Waals surface area contributed by atoms with Gasteiger partial charge in [0.25, 0.3) is 11.9 Å². The average molecular weight is 950 g/mol. The summed E-state index contributed by atoms with van der Waals surface area (Å²) in [4.78, 5) is 67.9. The highest BCUT2D eigenvalue weighted by Crippen LogP contribution is 2.48. The van der Waals surface area contributed by atoms with E-state index >= 15 is 0 Å². The normalized spacial score (nSPS) is 25.0. The lowest BCUT2D eigenvalue weighted by Crippen LogP contribution is -2.58. The number of imidazole rings is 1. The van der Waals surface area contributed by atoms with Crippen LogP contribution in [0.2, 0.25) is 0 Å². The zero-order valence-electron chi connectivity index (χ0n) is 38.0. The van der Waals surface area contributed by atoms with Gasteiger partial charge in [-0.1, -0.05) is 37.1 Å². The number of amides is 4. The van der Waals surface area contributed by atoms with Gasteiger partial charge in [0.15, 0.2) is 11.6 Å². The smallest absolute Gasteiger partial charge is 0.408 e. The lowest BCUT2D eigenvalue weighted by atomic mass is 10.0. The molecule has 0 spiro atoms. The SMILES string of the molecule is CC(C)n1c(O[C@@H]2C[C@H]3C(=O)N[C@]4(C(=O)NS(=O)(=O)C5(C)CC5)C[C@H]4/C=C\CCCCC[C@H](NC(=O)OC(C)(C)C)C(=O)N3C2)nc2c(-c3nc(Cc4ccc(F)c(F)c4)cs3)cccc21. The van der Waals surface area contributed by atoms with Gasteiger partial charge in [-0.2, -0.15) is 4.98 Å². The Morgan fingerprint density at radius 3 is 2.55 bits per heavy atom. The predicted octanol–water partition coefficient (Wildman–Crippen LogP) is 7.25. The molecule has 3 N–H and O–H groups in total. The van der Waals surface area contributed by atoms with Crippen LogP contribution in [0.4, 0.5) is 13.6 Å². The summed E-state index contributed by atoms with van der Waals surface area (Å²) in [5.74, 6) is -4.35. The third kappa shape index (κ3) is 9.82. The second kappa shape index (κ2) is 18.0. The molecule has 15 nitrogen and oxygen atoms in total. The average Bonchev–Trinajstić information content (AvgIpc) is 3.93. The van der Waals surface area contributed by atoms with Crippen molar-refractivity contribution < 1.29 is 45.9 Å². The number of rotatable bonds is 10. The van der Waals surface area contributed by atoms with Crippen molar-refractivity contribution >= 4 is 56.2 Å². The third-order valence-electron chi connectivity index (χ3n) is 12.8. The number of fused-ring (bicyclic) bond motifs is 3. The summed E-state index contributed by atoms with van der Waals surface area (Å²) in [5, 5.41) is 8.18. The fourth-order valence-electron chi connectivity index (χ4n) is 8.77. The van der Waals surface area contributed by atoms with Crippen LogP contribution in [0.1, 0.15) is 117 Å². The molecule has 0 unspecified atom stereocenters. The highest BCUT2D eigenvalue weighted by atomic mass is 32.2. The molecule has 0 bridgehead atoms. The van der Waals surface area contributed by atoms with Gasteiger partial charge in [-0.15, -0.1) is 11.3 Å². The highest BCUT2D eigenvalue weighted by molar-refractivity contribution is 7.91. The van der Waals surface area contributed by atoms with Gasteiger partial charge in [-0.25, -0.2) is 27.0 Å². The summed E-state index contributed by atoms with van der Waals surface area (Å²) in [7, 11) is -4.04. The van der Waals surface area contributed by atoms with Crippen molar-refractivity contribution in [3.05, 3.63) is 76.8 Å². The fourth-order valence-corrected chi connectivity index (χ4v) is 10.9. The second-order valence-corrected chi connectivity index (χ2v) is 22.6. The Balaban J connectivity index is 1.10. The number of allylic oxidation sites excluding steroid dienone is 1. The Hall–Kier alpha value is -5.43. The molecule has 5 atom stereocenters. The van der Waals surface area contributed by atoms with E-state index < -0.39 is 85.5 Å². The number of sulfonamides is 1. The minimum Gasteiger partial charge on any atom is -0.459 e. The number of thiazole rings is 1. The summed E-state index contributed by atoms with van der Waals surface area (Å²) in [6.07, 6.45) is 6.50. The van der Waals surface area contributed by atoms with Crippen LogP contribution in [0.15, 0.2) is 53.9 Å². The van der Waals surface area contributed by atoms with Gasteiger partial charge < -0.3 is 25.0 Å². The third-order valence-corrected chi connectivity index (χ3v) is 15.9. The van der Waals surface area contributed by atoms with Crippen LogP contribution >= 0.6 is 11.3 Å². The summed E-state index contributed by atoms with van der Waals surface area (Å²) >= 11 is 1.39. The maximum atomic E-state index is 14.8. The van der Waals surface area contributed by atoms with Gasteiger partial charge in [0.1, 0.15) is 39.9 Å². The molecule has 8 rings (SSSR count). The summed E-state index contributed by atoms with van der Waals surface area (Å²) in [6.45, 7) is 10.6. The molecule has 4 amide bonds. The lowest BCUT2D eigenvalue weighted by molar-refractivity contribution is -0.141. The van der Waals surface area contributed by atoms with E-state index in [1.165, 1.54) is 22.3 Å². The Morgan fingerprint density at radius 1 is 1.06 bits per heavy atom. The topological polar surface area (TPSA) is 191 Å². The summed E-state index contributed by atoms with van der Waals surface area (Å²) < 4.78 is 69.5. The van der Waals surface area contributed by atoms with Crippen LogP contribution in [0.3, 0.4) is 0 Å². The van der Waals surface area contributed by atoms with Crippen LogP contribution in [-0.4, -0.2) is 92.3 Å². The first-order valence-corrected chi connectivity index (χ1v) is 24.9. The Kier molecular flexibility index (Phi) is 12.8. The van der Waals surface area contributed by atoms with E-state index in [1.54, 1.807) is 27.7 Å². The van der Waals surface area contributed by atoms with Crippen LogP contribution in [-0.2, 0) is 35.6 Å². The first kappa shape index (κ1) is 47.1. The molecule has 2 aliphatic heterocycles. The molecular formula is C47H57F2N7O8S2. The minimum atomic E-state index is -4.04. The standard InChI is InChI=1S/C47H57F2N7O8S2/c1-27(2)56-36-16-12-14-32(40-50-30(26-65-40)21-28-17-18-33(48)34(49)22-28)38(36)52-43(56)63-31-23-37-39(57)53-47(42(59)54-66(61,62)46(6)19-20-46)24-29(47)13-10-8-7-9-11-15-35(41(58)55(37)25-31)51-44(60)64-45(3,4)5/h10,12-14,16-18,22,26-27,29,31,35,37H,7-9,11,15,19-21,23-25H2,1-6H3,(H,51,60)(H,53,57)(H,54,59)/b13-10-/t29-,31-,35+,37+,47-/m1/s1. The van der Waals surface area contributed by atoms with Crippen LogP contribution in [0, 0.1) is 17.6 Å². The zero-order chi connectivity index (χ0) is 47.3. The van der Waals surface area contributed by atoms with E-state index in [4.69, 9.17) is 19.4 Å². The Labute approximate surface area is 387 Å². The molecule has 2 aliphatic carbocycles. The lowest BCUT2D eigenvalue weighted by Gasteiger charge is -2.30. The van der Waals surface area contributed by atoms with Gasteiger partial charge in [0, 0.05) is 35.7 Å². The molecule has 0 radical (unpaired) electrons. The van der Waals surface area contributed by atoms with Gasteiger partial charge in [-0.3, -0.25) is 23.7 Å². The van der Waals surface area contributed by atoms with Gasteiger partial charge in [0.05, 0.1) is 22.5 Å². The van der Waals surface area contributed by atoms with Crippen molar-refractivity contribution in [1.82, 2.24) is 34.8 Å². The van der Waals surface area contributed by atoms with Gasteiger partial charge >= 0.3 is 6.09 Å². The number of carbonyl (C=O) groups is 4. The van der Waals surface area contributed by atoms with E-state index in [0.29, 0.717) is 53.9 Å². The van der Waals surface area contributed by atoms with Crippen molar-refractivity contribution in [2.75, 3.05) is 6.54 Å². The van der Waals surface area contributed by atoms with Gasteiger partial charge in [-0.05, 0) is 110 Å². The molecule has 4 aliphatic rings.